The summed E-state index contributed by atoms with van der Waals surface area (Å²) in [6, 6.07) is 1.79. The Morgan fingerprint density at radius 3 is 2.86 bits per heavy atom. The van der Waals surface area contributed by atoms with Crippen molar-refractivity contribution in [3.8, 4) is 0 Å². The summed E-state index contributed by atoms with van der Waals surface area (Å²) in [5.74, 6) is 1.44. The number of nitrogens with one attached hydrogen (secondary N) is 1. The maximum atomic E-state index is 12.2. The van der Waals surface area contributed by atoms with Gasteiger partial charge in [-0.15, -0.1) is 0 Å². The van der Waals surface area contributed by atoms with E-state index >= 15 is 0 Å². The number of hydrogen-bond acceptors (Lipinski definition) is 5. The molecular weight excluding hydrogens is 280 g/mol. The van der Waals surface area contributed by atoms with Crippen molar-refractivity contribution in [1.82, 2.24) is 15.3 Å². The maximum absolute atomic E-state index is 12.2. The van der Waals surface area contributed by atoms with Crippen molar-refractivity contribution in [1.29, 1.82) is 0 Å². The standard InChI is InChI=1S/C16H24N4O2/c21-15(17-9-6-13-4-1-2-5-13)14-12-20(10-11-22-14)16-18-7-3-8-19-16/h3,7-8,13-14H,1-2,4-6,9-12H2,(H,17,21)/t14-/m1/s1. The number of amides is 1. The van der Waals surface area contributed by atoms with E-state index in [1.165, 1.54) is 25.7 Å². The molecule has 2 fully saturated rings. The van der Waals surface area contributed by atoms with Gasteiger partial charge in [-0.05, 0) is 18.4 Å². The Bertz CT molecular complexity index is 476. The highest BCUT2D eigenvalue weighted by atomic mass is 16.5. The second-order valence-electron chi connectivity index (χ2n) is 6.08. The van der Waals surface area contributed by atoms with Gasteiger partial charge in [0.15, 0.2) is 6.10 Å². The summed E-state index contributed by atoms with van der Waals surface area (Å²) in [5, 5.41) is 3.02. The number of ether oxygens (including phenoxy) is 1. The maximum Gasteiger partial charge on any atom is 0.250 e. The van der Waals surface area contributed by atoms with Crippen LogP contribution in [0.5, 0.6) is 0 Å². The molecule has 0 radical (unpaired) electrons. The minimum atomic E-state index is -0.430. The fourth-order valence-electron chi connectivity index (χ4n) is 3.26. The minimum absolute atomic E-state index is 0.0152. The van der Waals surface area contributed by atoms with Crippen LogP contribution in [0.25, 0.3) is 0 Å². The molecule has 22 heavy (non-hydrogen) atoms. The highest BCUT2D eigenvalue weighted by Gasteiger charge is 2.27. The topological polar surface area (TPSA) is 67.4 Å². The molecule has 6 heteroatoms. The van der Waals surface area contributed by atoms with Crippen LogP contribution >= 0.6 is 0 Å². The first-order valence-electron chi connectivity index (χ1n) is 8.24. The highest BCUT2D eigenvalue weighted by molar-refractivity contribution is 5.81. The molecule has 1 amide bonds. The van der Waals surface area contributed by atoms with Gasteiger partial charge in [0.1, 0.15) is 0 Å². The monoisotopic (exact) mass is 304 g/mol. The SMILES string of the molecule is O=C(NCCC1CCCC1)[C@H]1CN(c2ncccn2)CCO1. The third-order valence-corrected chi connectivity index (χ3v) is 4.52. The van der Waals surface area contributed by atoms with Gasteiger partial charge in [-0.25, -0.2) is 9.97 Å². The molecule has 1 aromatic heterocycles. The lowest BCUT2D eigenvalue weighted by Gasteiger charge is -2.32. The number of morpholine rings is 1. The Morgan fingerprint density at radius 2 is 2.09 bits per heavy atom. The molecule has 120 valence electrons. The van der Waals surface area contributed by atoms with Gasteiger partial charge >= 0.3 is 0 Å². The number of carbonyl (C=O) groups is 1. The van der Waals surface area contributed by atoms with Crippen LogP contribution in [0.2, 0.25) is 0 Å². The zero-order valence-electron chi connectivity index (χ0n) is 12.9. The average Bonchev–Trinajstić information content (AvgIpc) is 3.09. The van der Waals surface area contributed by atoms with E-state index in [1.807, 2.05) is 4.90 Å². The second kappa shape index (κ2) is 7.54. The molecule has 2 heterocycles. The zero-order valence-corrected chi connectivity index (χ0v) is 12.9. The summed E-state index contributed by atoms with van der Waals surface area (Å²) in [5.41, 5.74) is 0. The lowest BCUT2D eigenvalue weighted by molar-refractivity contribution is -0.133. The predicted octanol–water partition coefficient (Wildman–Crippen LogP) is 1.38. The van der Waals surface area contributed by atoms with Crippen molar-refractivity contribution in [3.63, 3.8) is 0 Å². The van der Waals surface area contributed by atoms with Crippen molar-refractivity contribution in [2.45, 2.75) is 38.2 Å². The van der Waals surface area contributed by atoms with E-state index in [0.29, 0.717) is 19.1 Å². The fraction of sp³-hybridized carbons (Fsp3) is 0.688. The second-order valence-corrected chi connectivity index (χ2v) is 6.08. The summed E-state index contributed by atoms with van der Waals surface area (Å²) in [4.78, 5) is 22.7. The molecule has 1 aliphatic heterocycles. The zero-order chi connectivity index (χ0) is 15.2. The van der Waals surface area contributed by atoms with Gasteiger partial charge in [0.2, 0.25) is 5.95 Å². The highest BCUT2D eigenvalue weighted by Crippen LogP contribution is 2.26. The van der Waals surface area contributed by atoms with Gasteiger partial charge in [0.05, 0.1) is 13.2 Å². The van der Waals surface area contributed by atoms with Crippen LogP contribution in [0.3, 0.4) is 0 Å². The fourth-order valence-corrected chi connectivity index (χ4v) is 3.26. The number of rotatable bonds is 5. The van der Waals surface area contributed by atoms with Crippen LogP contribution in [0, 0.1) is 5.92 Å². The number of carbonyl (C=O) groups excluding carboxylic acids is 1. The third kappa shape index (κ3) is 3.94. The van der Waals surface area contributed by atoms with Crippen LogP contribution in [-0.2, 0) is 9.53 Å². The van der Waals surface area contributed by atoms with Gasteiger partial charge in [-0.3, -0.25) is 4.79 Å². The molecule has 1 atom stereocenters. The van der Waals surface area contributed by atoms with Crippen molar-refractivity contribution in [2.75, 3.05) is 31.1 Å². The Labute approximate surface area is 131 Å². The predicted molar refractivity (Wildman–Crippen MR) is 83.6 cm³/mol. The Balaban J connectivity index is 1.45. The summed E-state index contributed by atoms with van der Waals surface area (Å²) in [6.45, 7) is 2.51. The largest absolute Gasteiger partial charge is 0.365 e. The Kier molecular flexibility index (Phi) is 5.21. The van der Waals surface area contributed by atoms with Crippen LogP contribution in [0.1, 0.15) is 32.1 Å². The van der Waals surface area contributed by atoms with Crippen molar-refractivity contribution < 1.29 is 9.53 Å². The lowest BCUT2D eigenvalue weighted by Crippen LogP contribution is -2.50. The van der Waals surface area contributed by atoms with E-state index < -0.39 is 6.10 Å². The molecule has 1 saturated carbocycles. The molecule has 3 rings (SSSR count). The molecule has 1 N–H and O–H groups in total. The Hall–Kier alpha value is -1.69. The molecule has 1 aliphatic carbocycles. The van der Waals surface area contributed by atoms with Gasteiger partial charge in [-0.1, -0.05) is 25.7 Å². The molecule has 6 nitrogen and oxygen atoms in total. The summed E-state index contributed by atoms with van der Waals surface area (Å²) < 4.78 is 5.60. The number of aromatic nitrogens is 2. The molecular formula is C16H24N4O2. The minimum Gasteiger partial charge on any atom is -0.365 e. The molecule has 1 saturated heterocycles. The first-order valence-corrected chi connectivity index (χ1v) is 8.24. The smallest absolute Gasteiger partial charge is 0.250 e. The quantitative estimate of drug-likeness (QED) is 0.890. The van der Waals surface area contributed by atoms with E-state index in [0.717, 1.165) is 25.4 Å². The van der Waals surface area contributed by atoms with Crippen LogP contribution in [0.15, 0.2) is 18.5 Å². The van der Waals surface area contributed by atoms with E-state index in [9.17, 15) is 4.79 Å². The van der Waals surface area contributed by atoms with Crippen LogP contribution < -0.4 is 10.2 Å². The number of hydrogen-bond donors (Lipinski definition) is 1. The van der Waals surface area contributed by atoms with E-state index in [1.54, 1.807) is 18.5 Å². The van der Waals surface area contributed by atoms with Crippen LogP contribution in [-0.4, -0.2) is 48.2 Å². The molecule has 0 bridgehead atoms. The summed E-state index contributed by atoms with van der Waals surface area (Å²) in [7, 11) is 0. The molecule has 0 spiro atoms. The van der Waals surface area contributed by atoms with Gasteiger partial charge in [0.25, 0.3) is 5.91 Å². The average molecular weight is 304 g/mol. The third-order valence-electron chi connectivity index (χ3n) is 4.52. The van der Waals surface area contributed by atoms with E-state index in [2.05, 4.69) is 15.3 Å². The van der Waals surface area contributed by atoms with E-state index in [-0.39, 0.29) is 5.91 Å². The number of anilines is 1. The van der Waals surface area contributed by atoms with Crippen molar-refractivity contribution in [3.05, 3.63) is 18.5 Å². The van der Waals surface area contributed by atoms with Crippen molar-refractivity contribution in [2.24, 2.45) is 5.92 Å². The van der Waals surface area contributed by atoms with Gasteiger partial charge in [0, 0.05) is 25.5 Å². The van der Waals surface area contributed by atoms with E-state index in [4.69, 9.17) is 4.74 Å². The summed E-state index contributed by atoms with van der Waals surface area (Å²) in [6.07, 6.45) is 9.41. The summed E-state index contributed by atoms with van der Waals surface area (Å²) >= 11 is 0. The van der Waals surface area contributed by atoms with Crippen molar-refractivity contribution >= 4 is 11.9 Å². The van der Waals surface area contributed by atoms with Gasteiger partial charge < -0.3 is 15.0 Å². The van der Waals surface area contributed by atoms with Gasteiger partial charge in [-0.2, -0.15) is 0 Å². The first-order chi connectivity index (χ1) is 10.8. The van der Waals surface area contributed by atoms with Crippen LogP contribution in [0.4, 0.5) is 5.95 Å². The molecule has 1 aromatic rings. The normalized spacial score (nSPS) is 22.7. The molecule has 2 aliphatic rings. The molecule has 0 unspecified atom stereocenters. The first kappa shape index (κ1) is 15.2. The molecule has 0 aromatic carbocycles. The Morgan fingerprint density at radius 1 is 1.32 bits per heavy atom. The number of nitrogens with zero attached hydrogens (tertiary/aromatic N) is 3. The lowest BCUT2D eigenvalue weighted by atomic mass is 10.0.